The van der Waals surface area contributed by atoms with Gasteiger partial charge in [-0.05, 0) is 12.1 Å². The first-order valence-corrected chi connectivity index (χ1v) is 4.67. The van der Waals surface area contributed by atoms with Gasteiger partial charge in [-0.2, -0.15) is 0 Å². The summed E-state index contributed by atoms with van der Waals surface area (Å²) in [5.74, 6) is 0.497. The van der Waals surface area contributed by atoms with Crippen molar-refractivity contribution in [1.82, 2.24) is 9.97 Å². The molecule has 0 radical (unpaired) electrons. The Morgan fingerprint density at radius 2 is 2.41 bits per heavy atom. The number of rotatable bonds is 4. The summed E-state index contributed by atoms with van der Waals surface area (Å²) in [6, 6.07) is 3.39. The van der Waals surface area contributed by atoms with Crippen molar-refractivity contribution >= 4 is 11.5 Å². The average molecular weight is 236 g/mol. The highest BCUT2D eigenvalue weighted by atomic mass is 16.6. The van der Waals surface area contributed by atoms with Gasteiger partial charge in [0.25, 0.3) is 0 Å². The van der Waals surface area contributed by atoms with Crippen molar-refractivity contribution in [3.63, 3.8) is 0 Å². The molecule has 2 rings (SSSR count). The first-order valence-electron chi connectivity index (χ1n) is 4.67. The molecule has 0 bridgehead atoms. The van der Waals surface area contributed by atoms with Crippen LogP contribution in [0.4, 0.5) is 11.5 Å². The van der Waals surface area contributed by atoms with Crippen molar-refractivity contribution in [2.24, 2.45) is 0 Å². The minimum absolute atomic E-state index is 0.0878. The van der Waals surface area contributed by atoms with Gasteiger partial charge in [-0.3, -0.25) is 14.9 Å². The highest BCUT2D eigenvalue weighted by Gasteiger charge is 2.20. The molecule has 2 N–H and O–H groups in total. The first kappa shape index (κ1) is 10.9. The molecule has 2 aromatic rings. The third kappa shape index (κ3) is 2.30. The van der Waals surface area contributed by atoms with Gasteiger partial charge in [0.15, 0.2) is 0 Å². The number of anilines is 1. The summed E-state index contributed by atoms with van der Waals surface area (Å²) in [5, 5.41) is 13.4. The number of aromatic amines is 1. The fraction of sp³-hybridized carbons (Fsp3) is 0.111. The third-order valence-electron chi connectivity index (χ3n) is 2.02. The van der Waals surface area contributed by atoms with Gasteiger partial charge in [-0.25, -0.2) is 4.98 Å². The maximum Gasteiger partial charge on any atom is 0.375 e. The largest absolute Gasteiger partial charge is 0.467 e. The normalized spacial score (nSPS) is 10.1. The Balaban J connectivity index is 2.24. The maximum absolute atomic E-state index is 11.2. The second-order valence-corrected chi connectivity index (χ2v) is 3.12. The molecule has 0 aliphatic heterocycles. The first-order chi connectivity index (χ1) is 8.18. The van der Waals surface area contributed by atoms with Crippen molar-refractivity contribution in [1.29, 1.82) is 0 Å². The molecule has 0 fully saturated rings. The van der Waals surface area contributed by atoms with E-state index in [0.717, 1.165) is 6.33 Å². The van der Waals surface area contributed by atoms with E-state index in [1.165, 1.54) is 6.26 Å². The number of nitrogens with zero attached hydrogens (tertiary/aromatic N) is 2. The van der Waals surface area contributed by atoms with Gasteiger partial charge in [0.05, 0.1) is 24.1 Å². The van der Waals surface area contributed by atoms with E-state index in [2.05, 4.69) is 15.3 Å². The maximum atomic E-state index is 11.2. The number of aromatic nitrogens is 2. The van der Waals surface area contributed by atoms with Gasteiger partial charge < -0.3 is 14.7 Å². The van der Waals surface area contributed by atoms with Crippen LogP contribution in [0.2, 0.25) is 0 Å². The van der Waals surface area contributed by atoms with Crippen LogP contribution in [0.25, 0.3) is 0 Å². The monoisotopic (exact) mass is 236 g/mol. The summed E-state index contributed by atoms with van der Waals surface area (Å²) in [6.45, 7) is 0.213. The van der Waals surface area contributed by atoms with Crippen LogP contribution in [0, 0.1) is 10.1 Å². The minimum Gasteiger partial charge on any atom is -0.467 e. The van der Waals surface area contributed by atoms with Crippen LogP contribution in [0.1, 0.15) is 5.76 Å². The molecule has 8 nitrogen and oxygen atoms in total. The number of nitrogens with one attached hydrogen (secondary N) is 2. The number of furan rings is 1. The minimum atomic E-state index is -0.799. The molecule has 0 atom stereocenters. The number of nitro groups is 1. The molecule has 0 saturated heterocycles. The number of H-pyrrole nitrogens is 1. The fourth-order valence-electron chi connectivity index (χ4n) is 1.28. The molecular formula is C9H8N4O4. The van der Waals surface area contributed by atoms with E-state index in [1.807, 2.05) is 0 Å². The Morgan fingerprint density at radius 1 is 1.59 bits per heavy atom. The van der Waals surface area contributed by atoms with Gasteiger partial charge in [-0.1, -0.05) is 0 Å². The Morgan fingerprint density at radius 3 is 3.06 bits per heavy atom. The van der Waals surface area contributed by atoms with Crippen LogP contribution in [0.5, 0.6) is 0 Å². The molecule has 0 aliphatic carbocycles. The lowest BCUT2D eigenvalue weighted by Crippen LogP contribution is -2.15. The number of hydrogen-bond acceptors (Lipinski definition) is 6. The zero-order chi connectivity index (χ0) is 12.3. The Hall–Kier alpha value is -2.64. The molecule has 8 heteroatoms. The highest BCUT2D eigenvalue weighted by Crippen LogP contribution is 2.15. The Kier molecular flexibility index (Phi) is 2.86. The topological polar surface area (TPSA) is 114 Å². The van der Waals surface area contributed by atoms with Gasteiger partial charge >= 0.3 is 11.2 Å². The van der Waals surface area contributed by atoms with E-state index in [0.29, 0.717) is 5.76 Å². The number of hydrogen-bond donors (Lipinski definition) is 2. The lowest BCUT2D eigenvalue weighted by molar-refractivity contribution is -0.385. The van der Waals surface area contributed by atoms with Crippen LogP contribution < -0.4 is 10.9 Å². The summed E-state index contributed by atoms with van der Waals surface area (Å²) in [4.78, 5) is 27.0. The van der Waals surface area contributed by atoms with Gasteiger partial charge in [0, 0.05) is 0 Å². The van der Waals surface area contributed by atoms with E-state index in [1.54, 1.807) is 12.1 Å². The van der Waals surface area contributed by atoms with Crippen molar-refractivity contribution in [3.05, 3.63) is 51.0 Å². The zero-order valence-electron chi connectivity index (χ0n) is 8.54. The fourth-order valence-corrected chi connectivity index (χ4v) is 1.28. The summed E-state index contributed by atoms with van der Waals surface area (Å²) in [6.07, 6.45) is 2.58. The lowest BCUT2D eigenvalue weighted by Gasteiger charge is -2.02. The van der Waals surface area contributed by atoms with Crippen molar-refractivity contribution in [2.75, 3.05) is 5.32 Å². The Bertz CT molecular complexity index is 575. The summed E-state index contributed by atoms with van der Waals surface area (Å²) in [7, 11) is 0. The van der Waals surface area contributed by atoms with Gasteiger partial charge in [-0.15, -0.1) is 0 Å². The van der Waals surface area contributed by atoms with E-state index < -0.39 is 16.2 Å². The van der Waals surface area contributed by atoms with Gasteiger partial charge in [0.1, 0.15) is 5.76 Å². The summed E-state index contributed by atoms with van der Waals surface area (Å²) >= 11 is 0. The van der Waals surface area contributed by atoms with Crippen LogP contribution >= 0.6 is 0 Å². The summed E-state index contributed by atoms with van der Waals surface area (Å²) < 4.78 is 5.04. The third-order valence-corrected chi connectivity index (χ3v) is 2.02. The average Bonchev–Trinajstić information content (AvgIpc) is 2.78. The van der Waals surface area contributed by atoms with Crippen LogP contribution in [-0.4, -0.2) is 14.9 Å². The van der Waals surface area contributed by atoms with E-state index in [-0.39, 0.29) is 12.4 Å². The second kappa shape index (κ2) is 4.47. The molecule has 0 aliphatic rings. The standard InChI is InChI=1S/C9H8N4O4/c14-9-7(13(15)16)8(11-5-12-9)10-4-6-2-1-3-17-6/h1-3,5H,4H2,(H2,10,11,12,14). The molecule has 0 amide bonds. The van der Waals surface area contributed by atoms with Crippen LogP contribution in [0.3, 0.4) is 0 Å². The van der Waals surface area contributed by atoms with E-state index in [9.17, 15) is 14.9 Å². The van der Waals surface area contributed by atoms with Crippen molar-refractivity contribution < 1.29 is 9.34 Å². The summed E-state index contributed by atoms with van der Waals surface area (Å²) in [5.41, 5.74) is -1.41. The van der Waals surface area contributed by atoms with Crippen LogP contribution in [0.15, 0.2) is 33.9 Å². The SMILES string of the molecule is O=c1[nH]cnc(NCc2ccco2)c1[N+](=O)[O-]. The molecule has 0 unspecified atom stereocenters. The molecule has 0 aromatic carbocycles. The molecule has 2 aromatic heterocycles. The quantitative estimate of drug-likeness (QED) is 0.601. The van der Waals surface area contributed by atoms with Crippen molar-refractivity contribution in [2.45, 2.75) is 6.54 Å². The highest BCUT2D eigenvalue weighted by molar-refractivity contribution is 5.53. The lowest BCUT2D eigenvalue weighted by atomic mass is 10.4. The predicted molar refractivity (Wildman–Crippen MR) is 57.5 cm³/mol. The molecule has 2 heterocycles. The molecular weight excluding hydrogens is 228 g/mol. The molecule has 0 spiro atoms. The molecule has 17 heavy (non-hydrogen) atoms. The predicted octanol–water partition coefficient (Wildman–Crippen LogP) is 0.883. The molecule has 0 saturated carbocycles. The van der Waals surface area contributed by atoms with Gasteiger partial charge in [0.2, 0.25) is 5.82 Å². The van der Waals surface area contributed by atoms with Crippen molar-refractivity contribution in [3.8, 4) is 0 Å². The van der Waals surface area contributed by atoms with E-state index in [4.69, 9.17) is 4.42 Å². The second-order valence-electron chi connectivity index (χ2n) is 3.12. The van der Waals surface area contributed by atoms with Crippen LogP contribution in [-0.2, 0) is 6.54 Å². The Labute approximate surface area is 94.5 Å². The smallest absolute Gasteiger partial charge is 0.375 e. The zero-order valence-corrected chi connectivity index (χ0v) is 8.54. The van der Waals surface area contributed by atoms with E-state index >= 15 is 0 Å². The molecule has 88 valence electrons.